The van der Waals surface area contributed by atoms with Crippen molar-refractivity contribution in [2.45, 2.75) is 38.8 Å². The first-order valence-corrected chi connectivity index (χ1v) is 12.7. The van der Waals surface area contributed by atoms with Crippen molar-refractivity contribution in [3.63, 3.8) is 0 Å². The molecule has 37 heavy (non-hydrogen) atoms. The highest BCUT2D eigenvalue weighted by atomic mass is 16.5. The van der Waals surface area contributed by atoms with E-state index >= 15 is 0 Å². The topological polar surface area (TPSA) is 85.2 Å². The van der Waals surface area contributed by atoms with Gasteiger partial charge in [-0.2, -0.15) is 5.10 Å². The third-order valence-corrected chi connectivity index (χ3v) is 7.39. The van der Waals surface area contributed by atoms with E-state index in [1.165, 1.54) is 11.1 Å². The number of carbonyl (C=O) groups excluding carboxylic acids is 1. The summed E-state index contributed by atoms with van der Waals surface area (Å²) in [5, 5.41) is 7.69. The minimum absolute atomic E-state index is 0.108. The van der Waals surface area contributed by atoms with Crippen molar-refractivity contribution in [1.82, 2.24) is 30.0 Å². The smallest absolute Gasteiger partial charge is 0.255 e. The first-order chi connectivity index (χ1) is 18.1. The van der Waals surface area contributed by atoms with E-state index in [9.17, 15) is 4.79 Å². The van der Waals surface area contributed by atoms with Crippen molar-refractivity contribution < 1.29 is 9.53 Å². The summed E-state index contributed by atoms with van der Waals surface area (Å²) >= 11 is 0. The lowest BCUT2D eigenvalue weighted by atomic mass is 9.90. The van der Waals surface area contributed by atoms with Crippen LogP contribution >= 0.6 is 0 Å². The molecule has 8 heteroatoms. The van der Waals surface area contributed by atoms with Crippen LogP contribution in [0.1, 0.15) is 39.2 Å². The van der Waals surface area contributed by atoms with Crippen LogP contribution in [0.5, 0.6) is 5.75 Å². The van der Waals surface area contributed by atoms with Gasteiger partial charge in [-0.15, -0.1) is 0 Å². The monoisotopic (exact) mass is 494 g/mol. The van der Waals surface area contributed by atoms with Crippen LogP contribution in [0.4, 0.5) is 0 Å². The number of amides is 1. The molecule has 1 amide bonds. The van der Waals surface area contributed by atoms with E-state index in [-0.39, 0.29) is 11.9 Å². The number of fused-ring (bicyclic) bond motifs is 3. The zero-order valence-corrected chi connectivity index (χ0v) is 21.1. The molecule has 3 heterocycles. The van der Waals surface area contributed by atoms with E-state index in [2.05, 4.69) is 50.6 Å². The standard InChI is InChI=1S/C29H30N6O2/c1-19-26(28(36)32-23-12-13-34(18-23)17-20-6-4-3-5-7-20)16-31-35(19)29-30-15-22-9-8-21-10-11-24(37-2)14-25(21)27(22)33-29/h3-7,10-11,14-16,23H,8-9,12-13,17-18H2,1-2H3,(H,32,36)/t23-/m0/s1. The molecule has 1 saturated heterocycles. The van der Waals surface area contributed by atoms with E-state index < -0.39 is 0 Å². The number of ether oxygens (including phenoxy) is 1. The fourth-order valence-corrected chi connectivity index (χ4v) is 5.34. The molecule has 6 rings (SSSR count). The molecule has 1 aliphatic carbocycles. The highest BCUT2D eigenvalue weighted by Gasteiger charge is 2.26. The van der Waals surface area contributed by atoms with Gasteiger partial charge in [-0.3, -0.25) is 9.69 Å². The number of likely N-dealkylation sites (tertiary alicyclic amines) is 1. The summed E-state index contributed by atoms with van der Waals surface area (Å²) < 4.78 is 7.09. The lowest BCUT2D eigenvalue weighted by Crippen LogP contribution is -2.37. The Morgan fingerprint density at radius 2 is 1.95 bits per heavy atom. The molecule has 4 aromatic rings. The Morgan fingerprint density at radius 3 is 2.78 bits per heavy atom. The Bertz CT molecular complexity index is 1450. The summed E-state index contributed by atoms with van der Waals surface area (Å²) in [4.78, 5) is 25.0. The van der Waals surface area contributed by atoms with Gasteiger partial charge in [0.15, 0.2) is 0 Å². The molecule has 0 spiro atoms. The molecule has 0 bridgehead atoms. The molecule has 1 N–H and O–H groups in total. The van der Waals surface area contributed by atoms with Gasteiger partial charge in [-0.1, -0.05) is 36.4 Å². The average Bonchev–Trinajstić information content (AvgIpc) is 3.54. The van der Waals surface area contributed by atoms with Crippen LogP contribution in [0.3, 0.4) is 0 Å². The van der Waals surface area contributed by atoms with Crippen molar-refractivity contribution >= 4 is 5.91 Å². The van der Waals surface area contributed by atoms with Crippen molar-refractivity contribution in [3.05, 3.63) is 88.9 Å². The Kier molecular flexibility index (Phi) is 6.18. The Labute approximate surface area is 216 Å². The van der Waals surface area contributed by atoms with E-state index in [4.69, 9.17) is 9.72 Å². The summed E-state index contributed by atoms with van der Waals surface area (Å²) in [6.07, 6.45) is 6.26. The molecule has 0 unspecified atom stereocenters. The molecule has 1 fully saturated rings. The third kappa shape index (κ3) is 4.60. The van der Waals surface area contributed by atoms with Crippen molar-refractivity contribution in [3.8, 4) is 23.0 Å². The van der Waals surface area contributed by atoms with Crippen molar-refractivity contribution in [1.29, 1.82) is 0 Å². The number of hydrogen-bond acceptors (Lipinski definition) is 6. The van der Waals surface area contributed by atoms with Gasteiger partial charge in [0.2, 0.25) is 0 Å². The Hall–Kier alpha value is -4.04. The van der Waals surface area contributed by atoms with E-state index in [1.807, 2.05) is 31.3 Å². The van der Waals surface area contributed by atoms with Crippen LogP contribution in [0.25, 0.3) is 17.2 Å². The highest BCUT2D eigenvalue weighted by molar-refractivity contribution is 5.95. The largest absolute Gasteiger partial charge is 0.497 e. The van der Waals surface area contributed by atoms with Gasteiger partial charge in [0.05, 0.1) is 30.3 Å². The number of carbonyl (C=O) groups is 1. The van der Waals surface area contributed by atoms with Gasteiger partial charge in [0, 0.05) is 37.4 Å². The average molecular weight is 495 g/mol. The zero-order valence-electron chi connectivity index (χ0n) is 21.1. The van der Waals surface area contributed by atoms with Crippen LogP contribution in [-0.4, -0.2) is 56.8 Å². The molecule has 0 saturated carbocycles. The lowest BCUT2D eigenvalue weighted by molar-refractivity contribution is 0.0937. The molecule has 0 radical (unpaired) electrons. The van der Waals surface area contributed by atoms with Crippen LogP contribution in [0, 0.1) is 6.92 Å². The van der Waals surface area contributed by atoms with E-state index in [0.717, 1.165) is 67.2 Å². The quantitative estimate of drug-likeness (QED) is 0.440. The molecule has 8 nitrogen and oxygen atoms in total. The number of benzene rings is 2. The van der Waals surface area contributed by atoms with Gasteiger partial charge < -0.3 is 10.1 Å². The van der Waals surface area contributed by atoms with Crippen LogP contribution < -0.4 is 10.1 Å². The molecule has 2 aliphatic rings. The van der Waals surface area contributed by atoms with E-state index in [0.29, 0.717) is 11.5 Å². The highest BCUT2D eigenvalue weighted by Crippen LogP contribution is 2.34. The lowest BCUT2D eigenvalue weighted by Gasteiger charge is -2.20. The predicted octanol–water partition coefficient (Wildman–Crippen LogP) is 3.75. The second kappa shape index (κ2) is 9.78. The van der Waals surface area contributed by atoms with Crippen molar-refractivity contribution in [2.75, 3.05) is 20.2 Å². The molecule has 1 atom stereocenters. The summed E-state index contributed by atoms with van der Waals surface area (Å²) in [5.41, 5.74) is 6.87. The fourth-order valence-electron chi connectivity index (χ4n) is 5.34. The summed E-state index contributed by atoms with van der Waals surface area (Å²) in [7, 11) is 1.67. The van der Waals surface area contributed by atoms with Gasteiger partial charge in [0.1, 0.15) is 5.75 Å². The second-order valence-corrected chi connectivity index (χ2v) is 9.80. The van der Waals surface area contributed by atoms with Crippen LogP contribution in [0.15, 0.2) is 60.9 Å². The minimum Gasteiger partial charge on any atom is -0.497 e. The molecule has 2 aromatic heterocycles. The van der Waals surface area contributed by atoms with Crippen LogP contribution in [0.2, 0.25) is 0 Å². The van der Waals surface area contributed by atoms with Gasteiger partial charge in [-0.05, 0) is 55.0 Å². The van der Waals surface area contributed by atoms with Crippen molar-refractivity contribution in [2.24, 2.45) is 0 Å². The number of nitrogens with zero attached hydrogens (tertiary/aromatic N) is 5. The minimum atomic E-state index is -0.108. The Balaban J connectivity index is 1.18. The number of aryl methyl sites for hydroxylation is 2. The maximum Gasteiger partial charge on any atom is 0.255 e. The Morgan fingerprint density at radius 1 is 1.11 bits per heavy atom. The van der Waals surface area contributed by atoms with Gasteiger partial charge in [0.25, 0.3) is 11.9 Å². The molecule has 1 aliphatic heterocycles. The molecular weight excluding hydrogens is 464 g/mol. The van der Waals surface area contributed by atoms with Crippen LogP contribution in [-0.2, 0) is 19.4 Å². The second-order valence-electron chi connectivity index (χ2n) is 9.80. The first-order valence-electron chi connectivity index (χ1n) is 12.7. The molecule has 2 aromatic carbocycles. The van der Waals surface area contributed by atoms with Gasteiger partial charge in [-0.25, -0.2) is 14.6 Å². The van der Waals surface area contributed by atoms with Gasteiger partial charge >= 0.3 is 0 Å². The molecule has 188 valence electrons. The number of hydrogen-bond donors (Lipinski definition) is 1. The summed E-state index contributed by atoms with van der Waals surface area (Å²) in [6, 6.07) is 16.7. The predicted molar refractivity (Wildman–Crippen MR) is 141 cm³/mol. The normalized spacial score (nSPS) is 16.8. The summed E-state index contributed by atoms with van der Waals surface area (Å²) in [5.74, 6) is 1.15. The fraction of sp³-hybridized carbons (Fsp3) is 0.310. The number of methoxy groups -OCH3 is 1. The SMILES string of the molecule is COc1ccc2c(c1)-c1nc(-n3ncc(C(=O)N[C@H]4CCN(Cc5ccccc5)C4)c3C)ncc1CC2. The number of rotatable bonds is 6. The summed E-state index contributed by atoms with van der Waals surface area (Å²) in [6.45, 7) is 4.59. The maximum absolute atomic E-state index is 13.2. The molecular formula is C29H30N6O2. The third-order valence-electron chi connectivity index (χ3n) is 7.39. The van der Waals surface area contributed by atoms with E-state index in [1.54, 1.807) is 18.0 Å². The maximum atomic E-state index is 13.2. The zero-order chi connectivity index (χ0) is 25.4. The number of aromatic nitrogens is 4. The number of nitrogens with one attached hydrogen (secondary N) is 1. The first kappa shape index (κ1) is 23.4.